The number of hydrogen-bond donors (Lipinski definition) is 2. The molecule has 0 radical (unpaired) electrons. The zero-order valence-corrected chi connectivity index (χ0v) is 19.9. The maximum absolute atomic E-state index is 13.6. The predicted molar refractivity (Wildman–Crippen MR) is 134 cm³/mol. The van der Waals surface area contributed by atoms with Gasteiger partial charge < -0.3 is 10.6 Å². The highest BCUT2D eigenvalue weighted by molar-refractivity contribution is 6.31. The predicted octanol–water partition coefficient (Wildman–Crippen LogP) is 3.42. The summed E-state index contributed by atoms with van der Waals surface area (Å²) >= 11 is 6.32. The van der Waals surface area contributed by atoms with Crippen molar-refractivity contribution in [3.8, 4) is 22.5 Å². The number of nitrogens with zero attached hydrogens (tertiary/aromatic N) is 4. The summed E-state index contributed by atoms with van der Waals surface area (Å²) in [6.45, 7) is 4.22. The second-order valence-corrected chi connectivity index (χ2v) is 8.70. The Morgan fingerprint density at radius 2 is 1.94 bits per heavy atom. The van der Waals surface area contributed by atoms with Gasteiger partial charge in [0.05, 0.1) is 5.39 Å². The minimum Gasteiger partial charge on any atom is -0.352 e. The van der Waals surface area contributed by atoms with Gasteiger partial charge in [0.1, 0.15) is 12.4 Å². The number of hydrogen-bond acceptors (Lipinski definition) is 6. The molecule has 1 aromatic carbocycles. The summed E-state index contributed by atoms with van der Waals surface area (Å²) in [5, 5.41) is 6.85. The lowest BCUT2D eigenvalue weighted by atomic mass is 10.0. The molecule has 0 bridgehead atoms. The molecule has 0 atom stereocenters. The van der Waals surface area contributed by atoms with Crippen LogP contribution in [0.4, 0.5) is 0 Å². The van der Waals surface area contributed by atoms with Crippen LogP contribution in [0, 0.1) is 0 Å². The van der Waals surface area contributed by atoms with E-state index in [4.69, 9.17) is 11.6 Å². The Hall–Kier alpha value is -3.62. The van der Waals surface area contributed by atoms with Gasteiger partial charge in [0.2, 0.25) is 5.91 Å². The van der Waals surface area contributed by atoms with Crippen LogP contribution in [0.15, 0.2) is 59.8 Å². The van der Waals surface area contributed by atoms with Crippen molar-refractivity contribution in [1.29, 1.82) is 0 Å². The standard InChI is InChI=1S/C25H25ClN6O2/c1-15(2)30-22(33)14-32-24(17-5-4-6-28-12-17)31-23-21(25(32)34)10-19(13-29-23)18-7-16(11-27-3)8-20(26)9-18/h4-10,12-13,15,27H,11,14H2,1-3H3,(H,30,33). The van der Waals surface area contributed by atoms with Gasteiger partial charge in [0, 0.05) is 47.3 Å². The summed E-state index contributed by atoms with van der Waals surface area (Å²) in [5.74, 6) is 0.0582. The molecule has 0 aliphatic carbocycles. The van der Waals surface area contributed by atoms with Crippen LogP contribution in [0.5, 0.6) is 0 Å². The van der Waals surface area contributed by atoms with E-state index in [1.165, 1.54) is 4.57 Å². The van der Waals surface area contributed by atoms with Crippen LogP contribution in [0.1, 0.15) is 19.4 Å². The van der Waals surface area contributed by atoms with Gasteiger partial charge in [-0.3, -0.25) is 19.1 Å². The summed E-state index contributed by atoms with van der Waals surface area (Å²) in [6, 6.07) is 11.0. The van der Waals surface area contributed by atoms with E-state index < -0.39 is 0 Å². The van der Waals surface area contributed by atoms with Gasteiger partial charge in [0.25, 0.3) is 5.56 Å². The zero-order valence-electron chi connectivity index (χ0n) is 19.2. The molecule has 0 unspecified atom stereocenters. The van der Waals surface area contributed by atoms with Crippen molar-refractivity contribution >= 4 is 28.5 Å². The summed E-state index contributed by atoms with van der Waals surface area (Å²) in [4.78, 5) is 39.4. The molecule has 1 amide bonds. The molecule has 34 heavy (non-hydrogen) atoms. The zero-order chi connectivity index (χ0) is 24.2. The van der Waals surface area contributed by atoms with E-state index >= 15 is 0 Å². The fraction of sp³-hybridized carbons (Fsp3) is 0.240. The topological polar surface area (TPSA) is 102 Å². The molecule has 0 fully saturated rings. The van der Waals surface area contributed by atoms with Crippen molar-refractivity contribution in [3.05, 3.63) is 75.9 Å². The largest absolute Gasteiger partial charge is 0.352 e. The third-order valence-corrected chi connectivity index (χ3v) is 5.37. The van der Waals surface area contributed by atoms with Gasteiger partial charge >= 0.3 is 0 Å². The number of amides is 1. The van der Waals surface area contributed by atoms with E-state index in [1.807, 2.05) is 39.1 Å². The van der Waals surface area contributed by atoms with Gasteiger partial charge in [-0.05, 0) is 68.4 Å². The highest BCUT2D eigenvalue weighted by atomic mass is 35.5. The first-order valence-electron chi connectivity index (χ1n) is 10.9. The molecule has 4 rings (SSSR count). The maximum atomic E-state index is 13.6. The van der Waals surface area contributed by atoms with Crippen LogP contribution in [0.2, 0.25) is 5.02 Å². The van der Waals surface area contributed by atoms with E-state index in [0.29, 0.717) is 34.0 Å². The minimum absolute atomic E-state index is 0.0543. The molecule has 0 aliphatic heterocycles. The van der Waals surface area contributed by atoms with Crippen LogP contribution in [0.25, 0.3) is 33.5 Å². The van der Waals surface area contributed by atoms with Crippen molar-refractivity contribution in [3.63, 3.8) is 0 Å². The molecule has 3 heterocycles. The number of carbonyl (C=O) groups excluding carboxylic acids is 1. The van der Waals surface area contributed by atoms with Crippen molar-refractivity contribution in [2.45, 2.75) is 33.0 Å². The van der Waals surface area contributed by atoms with Crippen molar-refractivity contribution in [2.24, 2.45) is 0 Å². The first-order valence-corrected chi connectivity index (χ1v) is 11.3. The van der Waals surface area contributed by atoms with Gasteiger partial charge in [-0.2, -0.15) is 0 Å². The number of aromatic nitrogens is 4. The van der Waals surface area contributed by atoms with Crippen LogP contribution in [-0.4, -0.2) is 38.5 Å². The van der Waals surface area contributed by atoms with Gasteiger partial charge in [0.15, 0.2) is 5.65 Å². The average Bonchev–Trinajstić information content (AvgIpc) is 2.80. The van der Waals surface area contributed by atoms with E-state index in [2.05, 4.69) is 25.6 Å². The van der Waals surface area contributed by atoms with E-state index in [1.54, 1.807) is 36.8 Å². The van der Waals surface area contributed by atoms with Crippen molar-refractivity contribution < 1.29 is 4.79 Å². The Kier molecular flexibility index (Phi) is 7.00. The second-order valence-electron chi connectivity index (χ2n) is 8.26. The monoisotopic (exact) mass is 476 g/mol. The quantitative estimate of drug-likeness (QED) is 0.424. The van der Waals surface area contributed by atoms with Crippen LogP contribution in [-0.2, 0) is 17.9 Å². The molecule has 9 heteroatoms. The molecule has 0 saturated heterocycles. The Balaban J connectivity index is 1.88. The minimum atomic E-state index is -0.352. The molecule has 4 aromatic rings. The third kappa shape index (κ3) is 5.13. The Morgan fingerprint density at radius 3 is 2.65 bits per heavy atom. The maximum Gasteiger partial charge on any atom is 0.263 e. The van der Waals surface area contributed by atoms with E-state index in [9.17, 15) is 9.59 Å². The third-order valence-electron chi connectivity index (χ3n) is 5.15. The normalized spacial score (nSPS) is 11.2. The lowest BCUT2D eigenvalue weighted by Gasteiger charge is -2.15. The fourth-order valence-electron chi connectivity index (χ4n) is 3.76. The van der Waals surface area contributed by atoms with Crippen molar-refractivity contribution in [2.75, 3.05) is 7.05 Å². The number of fused-ring (bicyclic) bond motifs is 1. The lowest BCUT2D eigenvalue weighted by molar-refractivity contribution is -0.122. The number of nitrogens with one attached hydrogen (secondary N) is 2. The Bertz CT molecular complexity index is 1400. The number of rotatable bonds is 7. The fourth-order valence-corrected chi connectivity index (χ4v) is 4.02. The Labute approximate surface area is 202 Å². The summed E-state index contributed by atoms with van der Waals surface area (Å²) < 4.78 is 1.37. The molecule has 8 nitrogen and oxygen atoms in total. The molecule has 0 saturated carbocycles. The summed E-state index contributed by atoms with van der Waals surface area (Å²) in [6.07, 6.45) is 4.91. The van der Waals surface area contributed by atoms with Gasteiger partial charge in [-0.15, -0.1) is 0 Å². The molecule has 3 aromatic heterocycles. The summed E-state index contributed by atoms with van der Waals surface area (Å²) in [5.41, 5.74) is 3.15. The first-order chi connectivity index (χ1) is 16.4. The molecule has 2 N–H and O–H groups in total. The lowest BCUT2D eigenvalue weighted by Crippen LogP contribution is -2.37. The molecule has 174 valence electrons. The van der Waals surface area contributed by atoms with Crippen LogP contribution >= 0.6 is 11.6 Å². The second kappa shape index (κ2) is 10.1. The molecule has 0 aliphatic rings. The highest BCUT2D eigenvalue weighted by Gasteiger charge is 2.17. The van der Waals surface area contributed by atoms with Gasteiger partial charge in [-0.1, -0.05) is 11.6 Å². The average molecular weight is 477 g/mol. The number of benzene rings is 1. The van der Waals surface area contributed by atoms with Crippen molar-refractivity contribution in [1.82, 2.24) is 30.2 Å². The van der Waals surface area contributed by atoms with E-state index in [-0.39, 0.29) is 24.1 Å². The van der Waals surface area contributed by atoms with Crippen LogP contribution < -0.4 is 16.2 Å². The van der Waals surface area contributed by atoms with E-state index in [0.717, 1.165) is 16.7 Å². The summed E-state index contributed by atoms with van der Waals surface area (Å²) in [7, 11) is 1.86. The van der Waals surface area contributed by atoms with Crippen LogP contribution in [0.3, 0.4) is 0 Å². The Morgan fingerprint density at radius 1 is 1.12 bits per heavy atom. The molecular weight excluding hydrogens is 452 g/mol. The number of halogens is 1. The number of pyridine rings is 2. The molecular formula is C25H25ClN6O2. The molecule has 0 spiro atoms. The SMILES string of the molecule is CNCc1cc(Cl)cc(-c2cnc3nc(-c4cccnc4)n(CC(=O)NC(C)C)c(=O)c3c2)c1. The smallest absolute Gasteiger partial charge is 0.263 e. The first kappa shape index (κ1) is 23.5. The highest BCUT2D eigenvalue weighted by Crippen LogP contribution is 2.26. The number of carbonyl (C=O) groups is 1. The van der Waals surface area contributed by atoms with Gasteiger partial charge in [-0.25, -0.2) is 9.97 Å².